The Balaban J connectivity index is 1.98. The summed E-state index contributed by atoms with van der Waals surface area (Å²) in [6.45, 7) is 4.77. The Labute approximate surface area is 154 Å². The van der Waals surface area contributed by atoms with Crippen molar-refractivity contribution in [1.82, 2.24) is 9.88 Å². The molecule has 1 aromatic rings. The monoisotopic (exact) mass is 363 g/mol. The van der Waals surface area contributed by atoms with Gasteiger partial charge in [-0.15, -0.1) is 0 Å². The van der Waals surface area contributed by atoms with Crippen molar-refractivity contribution < 1.29 is 19.8 Å². The van der Waals surface area contributed by atoms with Crippen molar-refractivity contribution in [2.75, 3.05) is 31.6 Å². The lowest BCUT2D eigenvalue weighted by Crippen LogP contribution is -2.42. The number of rotatable bonds is 8. The summed E-state index contributed by atoms with van der Waals surface area (Å²) in [7, 11) is 0. The number of Topliss-reactive ketones (excluding diaryl/α,β-unsaturated/α-hetero) is 1. The number of aliphatic hydroxyl groups is 2. The highest BCUT2D eigenvalue weighted by Gasteiger charge is 2.29. The van der Waals surface area contributed by atoms with Crippen molar-refractivity contribution in [2.45, 2.75) is 39.2 Å². The van der Waals surface area contributed by atoms with Gasteiger partial charge in [-0.2, -0.15) is 0 Å². The van der Waals surface area contributed by atoms with E-state index < -0.39 is 6.04 Å². The number of ketones is 1. The summed E-state index contributed by atoms with van der Waals surface area (Å²) in [6.07, 6.45) is 3.73. The average Bonchev–Trinajstić information content (AvgIpc) is 2.65. The van der Waals surface area contributed by atoms with E-state index in [0.29, 0.717) is 36.8 Å². The van der Waals surface area contributed by atoms with Gasteiger partial charge in [0, 0.05) is 31.6 Å². The number of hydrogen-bond donors (Lipinski definition) is 3. The van der Waals surface area contributed by atoms with Crippen LogP contribution in [0.3, 0.4) is 0 Å². The van der Waals surface area contributed by atoms with Crippen molar-refractivity contribution in [3.05, 3.63) is 23.9 Å². The Morgan fingerprint density at radius 1 is 1.31 bits per heavy atom. The van der Waals surface area contributed by atoms with E-state index in [0.717, 1.165) is 12.8 Å². The molecule has 0 radical (unpaired) electrons. The van der Waals surface area contributed by atoms with Gasteiger partial charge < -0.3 is 20.4 Å². The molecule has 0 aliphatic carbocycles. The van der Waals surface area contributed by atoms with Crippen LogP contribution in [-0.4, -0.2) is 64.1 Å². The highest BCUT2D eigenvalue weighted by atomic mass is 16.3. The highest BCUT2D eigenvalue weighted by Crippen LogP contribution is 2.22. The number of nitrogens with one attached hydrogen (secondary N) is 1. The molecule has 1 aliphatic heterocycles. The molecule has 144 valence electrons. The maximum absolute atomic E-state index is 12.7. The third-order valence-corrected chi connectivity index (χ3v) is 4.58. The third kappa shape index (κ3) is 5.51. The third-order valence-electron chi connectivity index (χ3n) is 4.58. The minimum atomic E-state index is -0.487. The summed E-state index contributed by atoms with van der Waals surface area (Å²) in [4.78, 5) is 30.9. The number of hydrogen-bond acceptors (Lipinski definition) is 6. The summed E-state index contributed by atoms with van der Waals surface area (Å²) in [5, 5.41) is 21.1. The van der Waals surface area contributed by atoms with Gasteiger partial charge in [0.15, 0.2) is 0 Å². The number of anilines is 1. The fourth-order valence-corrected chi connectivity index (χ4v) is 3.14. The molecule has 1 amide bonds. The number of amides is 1. The van der Waals surface area contributed by atoms with Crippen LogP contribution >= 0.6 is 0 Å². The van der Waals surface area contributed by atoms with Gasteiger partial charge in [0.25, 0.3) is 5.91 Å². The van der Waals surface area contributed by atoms with Crippen LogP contribution in [0, 0.1) is 11.8 Å². The molecule has 3 N–H and O–H groups in total. The first-order chi connectivity index (χ1) is 12.4. The van der Waals surface area contributed by atoms with Gasteiger partial charge in [0.2, 0.25) is 0 Å². The number of likely N-dealkylation sites (tertiary alicyclic amines) is 1. The van der Waals surface area contributed by atoms with Crippen LogP contribution in [0.5, 0.6) is 0 Å². The summed E-state index contributed by atoms with van der Waals surface area (Å²) in [6, 6.07) is 2.83. The Hall–Kier alpha value is -1.99. The second-order valence-electron chi connectivity index (χ2n) is 7.29. The molecular weight excluding hydrogens is 334 g/mol. The van der Waals surface area contributed by atoms with Gasteiger partial charge in [-0.1, -0.05) is 13.8 Å². The lowest BCUT2D eigenvalue weighted by atomic mass is 9.89. The molecule has 0 saturated carbocycles. The molecule has 1 aromatic heterocycles. The van der Waals surface area contributed by atoms with E-state index in [9.17, 15) is 9.59 Å². The Morgan fingerprint density at radius 3 is 2.62 bits per heavy atom. The maximum Gasteiger partial charge on any atom is 0.255 e. The number of aromatic nitrogens is 1. The van der Waals surface area contributed by atoms with Crippen molar-refractivity contribution in [1.29, 1.82) is 0 Å². The number of carbonyl (C=O) groups excluding carboxylic acids is 2. The molecule has 1 saturated heterocycles. The van der Waals surface area contributed by atoms with Gasteiger partial charge >= 0.3 is 0 Å². The number of carbonyl (C=O) groups is 2. The summed E-state index contributed by atoms with van der Waals surface area (Å²) < 4.78 is 0. The van der Waals surface area contributed by atoms with Crippen molar-refractivity contribution >= 4 is 17.5 Å². The standard InChI is InChI=1S/C19H29N3O4/c1-13(2)8-17(25)15-4-3-7-22(10-15)19(26)14-5-6-18(20-9-14)21-16(11-23)12-24/h5-6,9,13,15-16,23-24H,3-4,7-8,10-12H2,1-2H3,(H,20,21)/t15-/m0/s1. The zero-order chi connectivity index (χ0) is 19.1. The first-order valence-corrected chi connectivity index (χ1v) is 9.20. The molecular formula is C19H29N3O4. The molecule has 0 unspecified atom stereocenters. The molecule has 2 rings (SSSR count). The van der Waals surface area contributed by atoms with Crippen LogP contribution in [0.2, 0.25) is 0 Å². The highest BCUT2D eigenvalue weighted by molar-refractivity contribution is 5.94. The zero-order valence-electron chi connectivity index (χ0n) is 15.5. The molecule has 0 bridgehead atoms. The second kappa shape index (κ2) is 9.64. The largest absolute Gasteiger partial charge is 0.394 e. The minimum absolute atomic E-state index is 0.0705. The summed E-state index contributed by atoms with van der Waals surface area (Å²) >= 11 is 0. The van der Waals surface area contributed by atoms with Gasteiger partial charge in [-0.25, -0.2) is 4.98 Å². The molecule has 1 atom stereocenters. The number of pyridine rings is 1. The number of aliphatic hydroxyl groups excluding tert-OH is 2. The van der Waals surface area contributed by atoms with Crippen molar-refractivity contribution in [2.24, 2.45) is 11.8 Å². The van der Waals surface area contributed by atoms with E-state index in [1.807, 2.05) is 13.8 Å². The van der Waals surface area contributed by atoms with E-state index in [1.54, 1.807) is 17.0 Å². The molecule has 0 aromatic carbocycles. The van der Waals surface area contributed by atoms with E-state index in [4.69, 9.17) is 10.2 Å². The van der Waals surface area contributed by atoms with Gasteiger partial charge in [0.05, 0.1) is 24.8 Å². The molecule has 0 spiro atoms. The molecule has 1 fully saturated rings. The van der Waals surface area contributed by atoms with E-state index >= 15 is 0 Å². The van der Waals surface area contributed by atoms with Crippen LogP contribution < -0.4 is 5.32 Å². The molecule has 26 heavy (non-hydrogen) atoms. The van der Waals surface area contributed by atoms with E-state index in [1.165, 1.54) is 6.20 Å². The van der Waals surface area contributed by atoms with Crippen molar-refractivity contribution in [3.63, 3.8) is 0 Å². The first kappa shape index (κ1) is 20.3. The Kier molecular flexibility index (Phi) is 7.53. The lowest BCUT2D eigenvalue weighted by Gasteiger charge is -2.32. The zero-order valence-corrected chi connectivity index (χ0v) is 15.5. The minimum Gasteiger partial charge on any atom is -0.394 e. The van der Waals surface area contributed by atoms with Crippen LogP contribution in [0.4, 0.5) is 5.82 Å². The predicted octanol–water partition coefficient (Wildman–Crippen LogP) is 1.31. The predicted molar refractivity (Wildman–Crippen MR) is 98.9 cm³/mol. The lowest BCUT2D eigenvalue weighted by molar-refractivity contribution is -0.124. The van der Waals surface area contributed by atoms with Gasteiger partial charge in [0.1, 0.15) is 11.6 Å². The average molecular weight is 363 g/mol. The maximum atomic E-state index is 12.7. The molecule has 1 aliphatic rings. The summed E-state index contributed by atoms with van der Waals surface area (Å²) in [5.41, 5.74) is 0.469. The van der Waals surface area contributed by atoms with Crippen LogP contribution in [0.1, 0.15) is 43.5 Å². The fourth-order valence-electron chi connectivity index (χ4n) is 3.14. The smallest absolute Gasteiger partial charge is 0.255 e. The molecule has 2 heterocycles. The quantitative estimate of drug-likeness (QED) is 0.644. The fraction of sp³-hybridized carbons (Fsp3) is 0.632. The topological polar surface area (TPSA) is 103 Å². The number of piperidine rings is 1. The van der Waals surface area contributed by atoms with E-state index in [-0.39, 0.29) is 30.8 Å². The van der Waals surface area contributed by atoms with Crippen molar-refractivity contribution in [3.8, 4) is 0 Å². The van der Waals surface area contributed by atoms with Crippen LogP contribution in [0.15, 0.2) is 18.3 Å². The molecule has 7 nitrogen and oxygen atoms in total. The molecule has 7 heteroatoms. The van der Waals surface area contributed by atoms with Gasteiger partial charge in [-0.3, -0.25) is 9.59 Å². The van der Waals surface area contributed by atoms with Gasteiger partial charge in [-0.05, 0) is 30.9 Å². The summed E-state index contributed by atoms with van der Waals surface area (Å²) in [5.74, 6) is 0.873. The van der Waals surface area contributed by atoms with Crippen LogP contribution in [-0.2, 0) is 4.79 Å². The second-order valence-corrected chi connectivity index (χ2v) is 7.29. The van der Waals surface area contributed by atoms with E-state index in [2.05, 4.69) is 10.3 Å². The number of nitrogens with zero attached hydrogens (tertiary/aromatic N) is 2. The van der Waals surface area contributed by atoms with Crippen LogP contribution in [0.25, 0.3) is 0 Å². The SMILES string of the molecule is CC(C)CC(=O)[C@H]1CCCN(C(=O)c2ccc(NC(CO)CO)nc2)C1. The Morgan fingerprint density at radius 2 is 2.04 bits per heavy atom. The first-order valence-electron chi connectivity index (χ1n) is 9.20. The Bertz CT molecular complexity index is 599. The normalized spacial score (nSPS) is 17.6.